The highest BCUT2D eigenvalue weighted by molar-refractivity contribution is 7.89. The third kappa shape index (κ3) is 4.19. The Morgan fingerprint density at radius 3 is 2.53 bits per heavy atom. The van der Waals surface area contributed by atoms with Gasteiger partial charge in [0.2, 0.25) is 10.0 Å². The van der Waals surface area contributed by atoms with Crippen LogP contribution in [0.1, 0.15) is 19.8 Å². The van der Waals surface area contributed by atoms with E-state index in [1.54, 1.807) is 24.3 Å². The van der Waals surface area contributed by atoms with Crippen LogP contribution in [-0.4, -0.2) is 44.6 Å². The molecule has 5 nitrogen and oxygen atoms in total. The predicted octanol–water partition coefficient (Wildman–Crippen LogP) is 1.51. The standard InChI is InChI=1S/C13H22N2O3S/c1-4-11(16)9-10-14-12-7-5-6-8-13(12)19(17,18)15(2)3/h5-8,11,14,16H,4,9-10H2,1-3H3. The highest BCUT2D eigenvalue weighted by atomic mass is 32.2. The molecule has 1 atom stereocenters. The molecule has 108 valence electrons. The van der Waals surface area contributed by atoms with Gasteiger partial charge in [0.05, 0.1) is 11.8 Å². The summed E-state index contributed by atoms with van der Waals surface area (Å²) in [5.74, 6) is 0. The van der Waals surface area contributed by atoms with E-state index < -0.39 is 10.0 Å². The van der Waals surface area contributed by atoms with E-state index in [4.69, 9.17) is 0 Å². The van der Waals surface area contributed by atoms with Crippen molar-refractivity contribution in [3.63, 3.8) is 0 Å². The Labute approximate surface area is 115 Å². The Balaban J connectivity index is 2.86. The second kappa shape index (κ2) is 6.88. The maximum Gasteiger partial charge on any atom is 0.244 e. The van der Waals surface area contributed by atoms with Gasteiger partial charge in [-0.05, 0) is 25.0 Å². The first-order valence-corrected chi connectivity index (χ1v) is 7.77. The van der Waals surface area contributed by atoms with Crippen molar-refractivity contribution in [1.29, 1.82) is 0 Å². The van der Waals surface area contributed by atoms with Gasteiger partial charge < -0.3 is 10.4 Å². The third-order valence-electron chi connectivity index (χ3n) is 2.91. The van der Waals surface area contributed by atoms with E-state index in [0.717, 1.165) is 0 Å². The fourth-order valence-corrected chi connectivity index (χ4v) is 2.67. The van der Waals surface area contributed by atoms with Gasteiger partial charge in [-0.15, -0.1) is 0 Å². The molecule has 0 aromatic heterocycles. The lowest BCUT2D eigenvalue weighted by molar-refractivity contribution is 0.164. The number of nitrogens with one attached hydrogen (secondary N) is 1. The van der Waals surface area contributed by atoms with Gasteiger partial charge in [0, 0.05) is 20.6 Å². The van der Waals surface area contributed by atoms with Crippen LogP contribution in [0.4, 0.5) is 5.69 Å². The molecule has 0 aliphatic rings. The van der Waals surface area contributed by atoms with Crippen LogP contribution in [0, 0.1) is 0 Å². The summed E-state index contributed by atoms with van der Waals surface area (Å²) in [6, 6.07) is 6.79. The minimum absolute atomic E-state index is 0.256. The Morgan fingerprint density at radius 1 is 1.32 bits per heavy atom. The molecule has 0 spiro atoms. The van der Waals surface area contributed by atoms with E-state index in [0.29, 0.717) is 25.1 Å². The molecule has 0 fully saturated rings. The van der Waals surface area contributed by atoms with Crippen LogP contribution in [0.3, 0.4) is 0 Å². The molecule has 19 heavy (non-hydrogen) atoms. The molecule has 1 rings (SSSR count). The molecule has 0 aliphatic heterocycles. The number of sulfonamides is 1. The second-order valence-corrected chi connectivity index (χ2v) is 6.68. The van der Waals surface area contributed by atoms with E-state index in [-0.39, 0.29) is 11.0 Å². The van der Waals surface area contributed by atoms with Crippen molar-refractivity contribution in [1.82, 2.24) is 4.31 Å². The van der Waals surface area contributed by atoms with E-state index >= 15 is 0 Å². The van der Waals surface area contributed by atoms with Crippen molar-refractivity contribution < 1.29 is 13.5 Å². The average molecular weight is 286 g/mol. The maximum atomic E-state index is 12.1. The van der Waals surface area contributed by atoms with Gasteiger partial charge in [0.15, 0.2) is 0 Å². The minimum Gasteiger partial charge on any atom is -0.393 e. The van der Waals surface area contributed by atoms with Gasteiger partial charge >= 0.3 is 0 Å². The van der Waals surface area contributed by atoms with E-state index in [1.807, 2.05) is 6.92 Å². The van der Waals surface area contributed by atoms with Crippen molar-refractivity contribution >= 4 is 15.7 Å². The van der Waals surface area contributed by atoms with E-state index in [2.05, 4.69) is 5.32 Å². The summed E-state index contributed by atoms with van der Waals surface area (Å²) in [5, 5.41) is 12.6. The van der Waals surface area contributed by atoms with Gasteiger partial charge in [0.25, 0.3) is 0 Å². The molecule has 0 aliphatic carbocycles. The predicted molar refractivity (Wildman–Crippen MR) is 76.7 cm³/mol. The fourth-order valence-electron chi connectivity index (χ4n) is 1.61. The summed E-state index contributed by atoms with van der Waals surface area (Å²) < 4.78 is 25.5. The maximum absolute atomic E-state index is 12.1. The molecule has 0 saturated heterocycles. The van der Waals surface area contributed by atoms with Crippen LogP contribution < -0.4 is 5.32 Å². The number of para-hydroxylation sites is 1. The van der Waals surface area contributed by atoms with Gasteiger partial charge in [-0.1, -0.05) is 19.1 Å². The summed E-state index contributed by atoms with van der Waals surface area (Å²) in [6.07, 6.45) is 0.928. The molecule has 0 heterocycles. The molecule has 0 bridgehead atoms. The van der Waals surface area contributed by atoms with E-state index in [1.165, 1.54) is 18.4 Å². The van der Waals surface area contributed by atoms with Crippen LogP contribution in [0.25, 0.3) is 0 Å². The fraction of sp³-hybridized carbons (Fsp3) is 0.538. The van der Waals surface area contributed by atoms with Crippen molar-refractivity contribution in [3.05, 3.63) is 24.3 Å². The number of aliphatic hydroxyl groups is 1. The molecule has 6 heteroatoms. The SMILES string of the molecule is CCC(O)CCNc1ccccc1S(=O)(=O)N(C)C. The zero-order valence-electron chi connectivity index (χ0n) is 11.6. The summed E-state index contributed by atoms with van der Waals surface area (Å²) >= 11 is 0. The lowest BCUT2D eigenvalue weighted by Gasteiger charge is -2.16. The number of rotatable bonds is 7. The third-order valence-corrected chi connectivity index (χ3v) is 4.78. The molecule has 0 radical (unpaired) electrons. The lowest BCUT2D eigenvalue weighted by atomic mass is 10.2. The summed E-state index contributed by atoms with van der Waals surface area (Å²) in [7, 11) is -0.442. The molecule has 1 unspecified atom stereocenters. The first-order chi connectivity index (χ1) is 8.89. The monoisotopic (exact) mass is 286 g/mol. The van der Waals surface area contributed by atoms with Gasteiger partial charge in [0.1, 0.15) is 4.90 Å². The minimum atomic E-state index is -3.46. The van der Waals surface area contributed by atoms with Gasteiger partial charge in [-0.25, -0.2) is 12.7 Å². The topological polar surface area (TPSA) is 69.6 Å². The van der Waals surface area contributed by atoms with Gasteiger partial charge in [-0.3, -0.25) is 0 Å². The molecular formula is C13H22N2O3S. The molecule has 1 aromatic carbocycles. The van der Waals surface area contributed by atoms with Crippen molar-refractivity contribution in [2.75, 3.05) is 26.0 Å². The molecule has 0 saturated carbocycles. The summed E-state index contributed by atoms with van der Waals surface area (Å²) in [4.78, 5) is 0.256. The highest BCUT2D eigenvalue weighted by Gasteiger charge is 2.20. The number of aliphatic hydroxyl groups excluding tert-OH is 1. The molecule has 2 N–H and O–H groups in total. The van der Waals surface area contributed by atoms with E-state index in [9.17, 15) is 13.5 Å². The Morgan fingerprint density at radius 2 is 1.95 bits per heavy atom. The van der Waals surface area contributed by atoms with Crippen molar-refractivity contribution in [3.8, 4) is 0 Å². The summed E-state index contributed by atoms with van der Waals surface area (Å²) in [5.41, 5.74) is 0.569. The van der Waals surface area contributed by atoms with Crippen LogP contribution in [0.5, 0.6) is 0 Å². The average Bonchev–Trinajstić information content (AvgIpc) is 2.38. The number of hydrogen-bond donors (Lipinski definition) is 2. The first-order valence-electron chi connectivity index (χ1n) is 6.33. The molecule has 1 aromatic rings. The Bertz CT molecular complexity index is 500. The number of nitrogens with zero attached hydrogens (tertiary/aromatic N) is 1. The number of hydrogen-bond acceptors (Lipinski definition) is 4. The number of benzene rings is 1. The van der Waals surface area contributed by atoms with Crippen molar-refractivity contribution in [2.45, 2.75) is 30.8 Å². The quantitative estimate of drug-likeness (QED) is 0.797. The zero-order valence-corrected chi connectivity index (χ0v) is 12.4. The van der Waals surface area contributed by atoms with Crippen LogP contribution in [-0.2, 0) is 10.0 Å². The molecule has 0 amide bonds. The largest absolute Gasteiger partial charge is 0.393 e. The van der Waals surface area contributed by atoms with Crippen LogP contribution in [0.2, 0.25) is 0 Å². The lowest BCUT2D eigenvalue weighted by Crippen LogP contribution is -2.23. The Kier molecular flexibility index (Phi) is 5.78. The molecular weight excluding hydrogens is 264 g/mol. The normalized spacial score (nSPS) is 13.5. The van der Waals surface area contributed by atoms with Crippen LogP contribution >= 0.6 is 0 Å². The first kappa shape index (κ1) is 15.9. The van der Waals surface area contributed by atoms with Gasteiger partial charge in [-0.2, -0.15) is 0 Å². The number of anilines is 1. The summed E-state index contributed by atoms with van der Waals surface area (Å²) in [6.45, 7) is 2.45. The van der Waals surface area contributed by atoms with Crippen molar-refractivity contribution in [2.24, 2.45) is 0 Å². The smallest absolute Gasteiger partial charge is 0.244 e. The second-order valence-electron chi connectivity index (χ2n) is 4.56. The zero-order chi connectivity index (χ0) is 14.5. The Hall–Kier alpha value is -1.11. The van der Waals surface area contributed by atoms with Crippen LogP contribution in [0.15, 0.2) is 29.2 Å². The highest BCUT2D eigenvalue weighted by Crippen LogP contribution is 2.23.